The molecule has 0 spiro atoms. The summed E-state index contributed by atoms with van der Waals surface area (Å²) in [6, 6.07) is 0.489. The summed E-state index contributed by atoms with van der Waals surface area (Å²) >= 11 is 5.61. The molecule has 0 saturated heterocycles. The Morgan fingerprint density at radius 1 is 1.67 bits per heavy atom. The summed E-state index contributed by atoms with van der Waals surface area (Å²) in [5, 5.41) is 0. The number of alkyl halides is 1. The second-order valence-electron chi connectivity index (χ2n) is 3.59. The highest BCUT2D eigenvalue weighted by atomic mass is 35.5. The highest BCUT2D eigenvalue weighted by Gasteiger charge is 2.27. The predicted molar refractivity (Wildman–Crippen MR) is 50.3 cm³/mol. The largest absolute Gasteiger partial charge is 0.343 e. The fourth-order valence-corrected chi connectivity index (χ4v) is 1.50. The van der Waals surface area contributed by atoms with Gasteiger partial charge in [0.15, 0.2) is 0 Å². The van der Waals surface area contributed by atoms with E-state index in [-0.39, 0.29) is 11.8 Å². The average Bonchev–Trinajstić information content (AvgIpc) is 1.98. The van der Waals surface area contributed by atoms with Crippen molar-refractivity contribution < 1.29 is 4.79 Å². The molecule has 1 aliphatic rings. The molecule has 1 aliphatic carbocycles. The third-order valence-electron chi connectivity index (χ3n) is 2.62. The quantitative estimate of drug-likeness (QED) is 0.621. The van der Waals surface area contributed by atoms with Crippen LogP contribution in [0.5, 0.6) is 0 Å². The van der Waals surface area contributed by atoms with E-state index in [0.29, 0.717) is 11.9 Å². The fraction of sp³-hybridized carbons (Fsp3) is 0.889. The van der Waals surface area contributed by atoms with Crippen molar-refractivity contribution in [2.24, 2.45) is 5.92 Å². The zero-order valence-corrected chi connectivity index (χ0v) is 8.47. The van der Waals surface area contributed by atoms with Crippen molar-refractivity contribution in [1.29, 1.82) is 0 Å². The van der Waals surface area contributed by atoms with Gasteiger partial charge in [-0.25, -0.2) is 0 Å². The molecule has 0 bridgehead atoms. The summed E-state index contributed by atoms with van der Waals surface area (Å²) in [7, 11) is 1.88. The van der Waals surface area contributed by atoms with Crippen LogP contribution >= 0.6 is 11.6 Å². The molecule has 1 rings (SSSR count). The van der Waals surface area contributed by atoms with Gasteiger partial charge in [0.1, 0.15) is 0 Å². The second kappa shape index (κ2) is 4.13. The Labute approximate surface area is 78.9 Å². The molecule has 0 aromatic heterocycles. The van der Waals surface area contributed by atoms with Gasteiger partial charge in [-0.05, 0) is 19.3 Å². The molecule has 2 nitrogen and oxygen atoms in total. The molecular formula is C9H16ClNO. The van der Waals surface area contributed by atoms with Crippen LogP contribution in [0.1, 0.15) is 26.2 Å². The first-order valence-electron chi connectivity index (χ1n) is 4.49. The lowest BCUT2D eigenvalue weighted by molar-refractivity contribution is -0.136. The van der Waals surface area contributed by atoms with Crippen molar-refractivity contribution in [2.75, 3.05) is 12.9 Å². The van der Waals surface area contributed by atoms with E-state index in [1.807, 2.05) is 18.9 Å². The number of hydrogen-bond donors (Lipinski definition) is 0. The van der Waals surface area contributed by atoms with Gasteiger partial charge in [-0.3, -0.25) is 4.79 Å². The van der Waals surface area contributed by atoms with Gasteiger partial charge in [-0.2, -0.15) is 0 Å². The lowest BCUT2D eigenvalue weighted by Crippen LogP contribution is -2.43. The van der Waals surface area contributed by atoms with Gasteiger partial charge < -0.3 is 4.90 Å². The van der Waals surface area contributed by atoms with Crippen molar-refractivity contribution in [2.45, 2.75) is 32.2 Å². The van der Waals surface area contributed by atoms with Crippen molar-refractivity contribution in [3.63, 3.8) is 0 Å². The Morgan fingerprint density at radius 3 is 2.58 bits per heavy atom. The van der Waals surface area contributed by atoms with E-state index in [2.05, 4.69) is 0 Å². The van der Waals surface area contributed by atoms with E-state index in [4.69, 9.17) is 11.6 Å². The van der Waals surface area contributed by atoms with Crippen LogP contribution in [0, 0.1) is 5.92 Å². The normalized spacial score (nSPS) is 19.9. The Bertz CT molecular complexity index is 168. The molecule has 1 saturated carbocycles. The number of rotatable bonds is 3. The summed E-state index contributed by atoms with van der Waals surface area (Å²) < 4.78 is 0. The molecule has 12 heavy (non-hydrogen) atoms. The molecule has 1 atom stereocenters. The number of hydrogen-bond acceptors (Lipinski definition) is 1. The maximum atomic E-state index is 11.5. The van der Waals surface area contributed by atoms with Crippen LogP contribution in [-0.2, 0) is 4.79 Å². The van der Waals surface area contributed by atoms with Gasteiger partial charge in [-0.1, -0.05) is 6.92 Å². The van der Waals surface area contributed by atoms with Gasteiger partial charge in [0.25, 0.3) is 0 Å². The van der Waals surface area contributed by atoms with Crippen LogP contribution < -0.4 is 0 Å². The van der Waals surface area contributed by atoms with Gasteiger partial charge in [0, 0.05) is 24.9 Å². The number of carbonyl (C=O) groups is 1. The molecule has 0 aromatic rings. The van der Waals surface area contributed by atoms with Gasteiger partial charge in [0.2, 0.25) is 5.91 Å². The average molecular weight is 190 g/mol. The van der Waals surface area contributed by atoms with Crippen LogP contribution in [0.3, 0.4) is 0 Å². The molecule has 0 aliphatic heterocycles. The van der Waals surface area contributed by atoms with Crippen LogP contribution in [0.4, 0.5) is 0 Å². The summed E-state index contributed by atoms with van der Waals surface area (Å²) in [4.78, 5) is 13.4. The van der Waals surface area contributed by atoms with E-state index < -0.39 is 0 Å². The zero-order chi connectivity index (χ0) is 9.14. The Hall–Kier alpha value is -0.240. The SMILES string of the molecule is CC(CCl)C(=O)N(C)C1CCC1. The minimum Gasteiger partial charge on any atom is -0.343 e. The maximum absolute atomic E-state index is 11.5. The highest BCUT2D eigenvalue weighted by molar-refractivity contribution is 6.19. The van der Waals surface area contributed by atoms with Crippen molar-refractivity contribution >= 4 is 17.5 Å². The smallest absolute Gasteiger partial charge is 0.226 e. The first-order valence-corrected chi connectivity index (χ1v) is 5.03. The molecule has 70 valence electrons. The minimum atomic E-state index is -0.0303. The molecule has 1 amide bonds. The summed E-state index contributed by atoms with van der Waals surface area (Å²) in [6.07, 6.45) is 3.59. The van der Waals surface area contributed by atoms with E-state index >= 15 is 0 Å². The minimum absolute atomic E-state index is 0.0303. The van der Waals surface area contributed by atoms with E-state index in [1.54, 1.807) is 0 Å². The van der Waals surface area contributed by atoms with Crippen LogP contribution in [-0.4, -0.2) is 29.8 Å². The fourth-order valence-electron chi connectivity index (χ4n) is 1.37. The molecule has 1 unspecified atom stereocenters. The lowest BCUT2D eigenvalue weighted by Gasteiger charge is -2.35. The second-order valence-corrected chi connectivity index (χ2v) is 3.90. The van der Waals surface area contributed by atoms with Gasteiger partial charge >= 0.3 is 0 Å². The molecular weight excluding hydrogens is 174 g/mol. The van der Waals surface area contributed by atoms with Gasteiger partial charge in [-0.15, -0.1) is 11.6 Å². The third kappa shape index (κ3) is 1.92. The monoisotopic (exact) mass is 189 g/mol. The van der Waals surface area contributed by atoms with Crippen LogP contribution in [0.2, 0.25) is 0 Å². The van der Waals surface area contributed by atoms with Crippen LogP contribution in [0.15, 0.2) is 0 Å². The molecule has 1 fully saturated rings. The number of halogens is 1. The van der Waals surface area contributed by atoms with Crippen LogP contribution in [0.25, 0.3) is 0 Å². The molecule has 0 aromatic carbocycles. The van der Waals surface area contributed by atoms with E-state index in [9.17, 15) is 4.79 Å². The first-order chi connectivity index (χ1) is 5.66. The maximum Gasteiger partial charge on any atom is 0.226 e. The molecule has 3 heteroatoms. The first kappa shape index (κ1) is 9.85. The van der Waals surface area contributed by atoms with Gasteiger partial charge in [0.05, 0.1) is 0 Å². The number of amides is 1. The third-order valence-corrected chi connectivity index (χ3v) is 3.09. The molecule has 0 radical (unpaired) electrons. The Kier molecular flexibility index (Phi) is 3.39. The molecule has 0 N–H and O–H groups in total. The van der Waals surface area contributed by atoms with Crippen molar-refractivity contribution in [1.82, 2.24) is 4.90 Å². The lowest BCUT2D eigenvalue weighted by atomic mass is 9.91. The van der Waals surface area contributed by atoms with E-state index in [1.165, 1.54) is 6.42 Å². The Balaban J connectivity index is 2.39. The summed E-state index contributed by atoms with van der Waals surface area (Å²) in [5.41, 5.74) is 0. The Morgan fingerprint density at radius 2 is 2.25 bits per heavy atom. The van der Waals surface area contributed by atoms with E-state index in [0.717, 1.165) is 12.8 Å². The number of nitrogens with zero attached hydrogens (tertiary/aromatic N) is 1. The summed E-state index contributed by atoms with van der Waals surface area (Å²) in [5.74, 6) is 0.586. The van der Waals surface area contributed by atoms with Crippen molar-refractivity contribution in [3.8, 4) is 0 Å². The topological polar surface area (TPSA) is 20.3 Å². The standard InChI is InChI=1S/C9H16ClNO/c1-7(6-10)9(12)11(2)8-4-3-5-8/h7-8H,3-6H2,1-2H3. The zero-order valence-electron chi connectivity index (χ0n) is 7.72. The number of carbonyl (C=O) groups excluding carboxylic acids is 1. The molecule has 0 heterocycles. The summed E-state index contributed by atoms with van der Waals surface area (Å²) in [6.45, 7) is 1.88. The highest BCUT2D eigenvalue weighted by Crippen LogP contribution is 2.24. The predicted octanol–water partition coefficient (Wildman–Crippen LogP) is 1.87. The van der Waals surface area contributed by atoms with Crippen molar-refractivity contribution in [3.05, 3.63) is 0 Å².